The third-order valence-electron chi connectivity index (χ3n) is 1.76. The lowest BCUT2D eigenvalue weighted by molar-refractivity contribution is 1.61. The lowest BCUT2D eigenvalue weighted by Gasteiger charge is -2.01. The molecule has 2 N–H and O–H groups in total. The molecule has 1 heteroatoms. The van der Waals surface area contributed by atoms with E-state index in [4.69, 9.17) is 5.73 Å². The molecule has 0 heterocycles. The average Bonchev–Trinajstić information content (AvgIpc) is 2.16. The molecule has 0 aliphatic rings. The van der Waals surface area contributed by atoms with Gasteiger partial charge in [-0.1, -0.05) is 43.5 Å². The van der Waals surface area contributed by atoms with Crippen LogP contribution >= 0.6 is 0 Å². The molecular weight excluding hydrogens is 158 g/mol. The Kier molecular flexibility index (Phi) is 3.09. The quantitative estimate of drug-likeness (QED) is 0.549. The van der Waals surface area contributed by atoms with Crippen molar-refractivity contribution in [3.05, 3.63) is 61.2 Å². The van der Waals surface area contributed by atoms with E-state index in [2.05, 4.69) is 13.2 Å². The molecule has 0 aliphatic carbocycles. The Hall–Kier alpha value is -1.76. The molecule has 0 saturated heterocycles. The number of anilines is 1. The number of allylic oxidation sites excluding steroid dienone is 4. The molecule has 0 aliphatic heterocycles. The summed E-state index contributed by atoms with van der Waals surface area (Å²) < 4.78 is 0. The molecule has 0 unspecified atom stereocenters. The first-order chi connectivity index (χ1) is 6.27. The Morgan fingerprint density at radius 2 is 1.77 bits per heavy atom. The molecule has 0 fully saturated rings. The minimum absolute atomic E-state index is 0.769. The topological polar surface area (TPSA) is 26.0 Å². The highest BCUT2D eigenvalue weighted by Crippen LogP contribution is 2.16. The predicted octanol–water partition coefficient (Wildman–Crippen LogP) is 3.02. The maximum absolute atomic E-state index is 5.58. The monoisotopic (exact) mass is 171 g/mol. The molecule has 1 aromatic carbocycles. The number of hydrogen-bond donors (Lipinski definition) is 1. The van der Waals surface area contributed by atoms with Crippen LogP contribution in [0.15, 0.2) is 55.7 Å². The van der Waals surface area contributed by atoms with Gasteiger partial charge in [-0.3, -0.25) is 0 Å². The van der Waals surface area contributed by atoms with E-state index in [1.165, 1.54) is 0 Å². The fourth-order valence-electron chi connectivity index (χ4n) is 1.08. The van der Waals surface area contributed by atoms with Gasteiger partial charge in [0.25, 0.3) is 0 Å². The highest BCUT2D eigenvalue weighted by atomic mass is 14.5. The van der Waals surface area contributed by atoms with Crippen molar-refractivity contribution < 1.29 is 0 Å². The zero-order valence-electron chi connectivity index (χ0n) is 7.53. The van der Waals surface area contributed by atoms with Crippen LogP contribution < -0.4 is 5.73 Å². The van der Waals surface area contributed by atoms with Crippen molar-refractivity contribution in [3.63, 3.8) is 0 Å². The minimum atomic E-state index is 0.769. The SMILES string of the molecule is C=C/C=C(\C=C)c1ccc(N)cc1. The number of hydrogen-bond acceptors (Lipinski definition) is 1. The van der Waals surface area contributed by atoms with Gasteiger partial charge in [0.1, 0.15) is 0 Å². The van der Waals surface area contributed by atoms with Crippen LogP contribution in [0.5, 0.6) is 0 Å². The Balaban J connectivity index is 3.06. The molecule has 0 amide bonds. The lowest BCUT2D eigenvalue weighted by atomic mass is 10.1. The van der Waals surface area contributed by atoms with Crippen molar-refractivity contribution >= 4 is 11.3 Å². The van der Waals surface area contributed by atoms with Gasteiger partial charge in [0, 0.05) is 5.69 Å². The second-order valence-electron chi connectivity index (χ2n) is 2.68. The van der Waals surface area contributed by atoms with E-state index in [9.17, 15) is 0 Å². The largest absolute Gasteiger partial charge is 0.399 e. The average molecular weight is 171 g/mol. The third kappa shape index (κ3) is 2.34. The molecule has 1 aromatic rings. The van der Waals surface area contributed by atoms with E-state index in [1.54, 1.807) is 12.2 Å². The van der Waals surface area contributed by atoms with Crippen LogP contribution in [0.25, 0.3) is 5.57 Å². The summed E-state index contributed by atoms with van der Waals surface area (Å²) >= 11 is 0. The zero-order chi connectivity index (χ0) is 9.68. The number of benzene rings is 1. The predicted molar refractivity (Wildman–Crippen MR) is 59.2 cm³/mol. The second-order valence-corrected chi connectivity index (χ2v) is 2.68. The van der Waals surface area contributed by atoms with Gasteiger partial charge >= 0.3 is 0 Å². The molecule has 66 valence electrons. The second kappa shape index (κ2) is 4.31. The molecule has 0 radical (unpaired) electrons. The maximum atomic E-state index is 5.58. The van der Waals surface area contributed by atoms with Crippen LogP contribution in [-0.4, -0.2) is 0 Å². The van der Waals surface area contributed by atoms with Crippen molar-refractivity contribution in [2.45, 2.75) is 0 Å². The van der Waals surface area contributed by atoms with Gasteiger partial charge in [-0.25, -0.2) is 0 Å². The van der Waals surface area contributed by atoms with Gasteiger partial charge < -0.3 is 5.73 Å². The summed E-state index contributed by atoms with van der Waals surface area (Å²) in [5.41, 5.74) is 8.50. The van der Waals surface area contributed by atoms with Crippen molar-refractivity contribution in [1.29, 1.82) is 0 Å². The van der Waals surface area contributed by atoms with Crippen LogP contribution in [0, 0.1) is 0 Å². The van der Waals surface area contributed by atoms with Crippen molar-refractivity contribution in [2.75, 3.05) is 5.73 Å². The fraction of sp³-hybridized carbons (Fsp3) is 0. The third-order valence-corrected chi connectivity index (χ3v) is 1.76. The molecule has 1 nitrogen and oxygen atoms in total. The van der Waals surface area contributed by atoms with Crippen molar-refractivity contribution in [1.82, 2.24) is 0 Å². The molecule has 0 bridgehead atoms. The molecule has 13 heavy (non-hydrogen) atoms. The van der Waals surface area contributed by atoms with Crippen LogP contribution in [0.1, 0.15) is 5.56 Å². The van der Waals surface area contributed by atoms with Crippen molar-refractivity contribution in [2.24, 2.45) is 0 Å². The van der Waals surface area contributed by atoms with Crippen molar-refractivity contribution in [3.8, 4) is 0 Å². The summed E-state index contributed by atoms with van der Waals surface area (Å²) in [4.78, 5) is 0. The van der Waals surface area contributed by atoms with Gasteiger partial charge in [-0.2, -0.15) is 0 Å². The van der Waals surface area contributed by atoms with E-state index in [1.807, 2.05) is 30.3 Å². The van der Waals surface area contributed by atoms with Crippen LogP contribution in [0.3, 0.4) is 0 Å². The summed E-state index contributed by atoms with van der Waals surface area (Å²) in [7, 11) is 0. The van der Waals surface area contributed by atoms with E-state index in [-0.39, 0.29) is 0 Å². The standard InChI is InChI=1S/C12H13N/c1-3-5-10(4-2)11-6-8-12(13)9-7-11/h3-9H,1-2,13H2/b10-5+. The highest BCUT2D eigenvalue weighted by molar-refractivity contribution is 5.75. The first-order valence-corrected chi connectivity index (χ1v) is 4.09. The van der Waals surface area contributed by atoms with Gasteiger partial charge in [-0.05, 0) is 23.3 Å². The minimum Gasteiger partial charge on any atom is -0.399 e. The van der Waals surface area contributed by atoms with E-state index >= 15 is 0 Å². The smallest absolute Gasteiger partial charge is 0.0314 e. The van der Waals surface area contributed by atoms with Gasteiger partial charge in [-0.15, -0.1) is 0 Å². The van der Waals surface area contributed by atoms with Crippen LogP contribution in [0.2, 0.25) is 0 Å². The van der Waals surface area contributed by atoms with E-state index in [0.717, 1.165) is 16.8 Å². The molecular formula is C12H13N. The summed E-state index contributed by atoms with van der Waals surface area (Å²) in [6, 6.07) is 7.67. The number of nitrogens with two attached hydrogens (primary N) is 1. The van der Waals surface area contributed by atoms with Crippen LogP contribution in [0.4, 0.5) is 5.69 Å². The maximum Gasteiger partial charge on any atom is 0.0314 e. The van der Waals surface area contributed by atoms with Gasteiger partial charge in [0.15, 0.2) is 0 Å². The number of nitrogen functional groups attached to an aromatic ring is 1. The van der Waals surface area contributed by atoms with E-state index in [0.29, 0.717) is 0 Å². The summed E-state index contributed by atoms with van der Waals surface area (Å²) in [6.45, 7) is 7.37. The Morgan fingerprint density at radius 1 is 1.15 bits per heavy atom. The van der Waals surface area contributed by atoms with Crippen LogP contribution in [-0.2, 0) is 0 Å². The molecule has 1 rings (SSSR count). The Morgan fingerprint density at radius 3 is 2.23 bits per heavy atom. The Labute approximate surface area is 78.9 Å². The summed E-state index contributed by atoms with van der Waals surface area (Å²) in [5.74, 6) is 0. The number of rotatable bonds is 3. The molecule has 0 aromatic heterocycles. The lowest BCUT2D eigenvalue weighted by Crippen LogP contribution is -1.85. The molecule has 0 atom stereocenters. The molecule has 0 spiro atoms. The van der Waals surface area contributed by atoms with E-state index < -0.39 is 0 Å². The molecule has 0 saturated carbocycles. The normalized spacial score (nSPS) is 10.9. The Bertz CT molecular complexity index is 331. The first kappa shape index (κ1) is 9.33. The fourth-order valence-corrected chi connectivity index (χ4v) is 1.08. The first-order valence-electron chi connectivity index (χ1n) is 4.09. The van der Waals surface area contributed by atoms with Gasteiger partial charge in [0.05, 0.1) is 0 Å². The summed E-state index contributed by atoms with van der Waals surface area (Å²) in [6.07, 6.45) is 5.46. The summed E-state index contributed by atoms with van der Waals surface area (Å²) in [5, 5.41) is 0. The highest BCUT2D eigenvalue weighted by Gasteiger charge is 1.94. The zero-order valence-corrected chi connectivity index (χ0v) is 7.53. The van der Waals surface area contributed by atoms with Gasteiger partial charge in [0.2, 0.25) is 0 Å².